The third kappa shape index (κ3) is 3.95. The molecule has 1 heterocycles. The molecule has 1 aliphatic heterocycles. The number of halogens is 1. The fraction of sp³-hybridized carbons (Fsp3) is 0.667. The van der Waals surface area contributed by atoms with Gasteiger partial charge in [-0.1, -0.05) is 0 Å². The number of hydrogen-bond acceptors (Lipinski definition) is 4. The number of hydrogen-bond donors (Lipinski definition) is 2. The van der Waals surface area contributed by atoms with Gasteiger partial charge in [0.05, 0.1) is 0 Å². The van der Waals surface area contributed by atoms with E-state index in [4.69, 9.17) is 5.84 Å². The quantitative estimate of drug-likeness (QED) is 0.196. The molecule has 0 bridgehead atoms. The minimum absolute atomic E-state index is 0. The Bertz CT molecular complexity index is 168. The first-order chi connectivity index (χ1) is 5.86. The van der Waals surface area contributed by atoms with E-state index in [1.54, 1.807) is 11.2 Å². The predicted octanol–water partition coefficient (Wildman–Crippen LogP) is -1.41. The zero-order chi connectivity index (χ0) is 8.81. The number of hydrazone groups is 1. The van der Waals surface area contributed by atoms with Crippen LogP contribution in [0.1, 0.15) is 0 Å². The molecule has 76 valence electrons. The van der Waals surface area contributed by atoms with E-state index in [9.17, 15) is 4.79 Å². The summed E-state index contributed by atoms with van der Waals surface area (Å²) in [5.41, 5.74) is 2.18. The van der Waals surface area contributed by atoms with E-state index in [1.807, 2.05) is 4.90 Å². The number of nitrogens with zero attached hydrogens (tertiary/aromatic N) is 3. The van der Waals surface area contributed by atoms with E-state index in [1.165, 1.54) is 0 Å². The highest BCUT2D eigenvalue weighted by Crippen LogP contribution is 1.95. The van der Waals surface area contributed by atoms with Gasteiger partial charge in [-0.25, -0.2) is 11.4 Å². The lowest BCUT2D eigenvalue weighted by Gasteiger charge is -2.30. The van der Waals surface area contributed by atoms with Crippen molar-refractivity contribution >= 4 is 25.2 Å². The van der Waals surface area contributed by atoms with Crippen molar-refractivity contribution in [3.05, 3.63) is 0 Å². The van der Waals surface area contributed by atoms with Crippen LogP contribution in [0.4, 0.5) is 0 Å². The monoisotopic (exact) mass is 207 g/mol. The molecule has 1 aliphatic rings. The summed E-state index contributed by atoms with van der Waals surface area (Å²) in [7, 11) is 0. The standard InChI is InChI=1S/C6H13N5O.ClH/c7-9-8-5-10-1-3-11(6-12)4-2-10;/h5-6,9H,1-4,7H2;1H. The van der Waals surface area contributed by atoms with Crippen LogP contribution in [0.15, 0.2) is 5.10 Å². The second-order valence-corrected chi connectivity index (χ2v) is 2.55. The second-order valence-electron chi connectivity index (χ2n) is 2.55. The van der Waals surface area contributed by atoms with E-state index >= 15 is 0 Å². The number of amides is 1. The summed E-state index contributed by atoms with van der Waals surface area (Å²) in [4.78, 5) is 14.1. The molecular weight excluding hydrogens is 194 g/mol. The SMILES string of the molecule is Cl.NNN=CN1CCN(C=O)CC1. The van der Waals surface area contributed by atoms with E-state index in [0.717, 1.165) is 32.6 Å². The van der Waals surface area contributed by atoms with Crippen LogP contribution < -0.4 is 11.4 Å². The van der Waals surface area contributed by atoms with E-state index in [2.05, 4.69) is 10.6 Å². The molecule has 0 radical (unpaired) electrons. The van der Waals surface area contributed by atoms with Gasteiger partial charge in [0.25, 0.3) is 0 Å². The number of carbonyl (C=O) groups excluding carboxylic acids is 1. The van der Waals surface area contributed by atoms with Gasteiger partial charge in [-0.3, -0.25) is 4.79 Å². The third-order valence-corrected chi connectivity index (χ3v) is 1.79. The maximum absolute atomic E-state index is 10.3. The normalized spacial score (nSPS) is 17.0. The van der Waals surface area contributed by atoms with Crippen LogP contribution in [-0.2, 0) is 4.79 Å². The average molecular weight is 208 g/mol. The summed E-state index contributed by atoms with van der Waals surface area (Å²) in [6.45, 7) is 3.12. The highest BCUT2D eigenvalue weighted by Gasteiger charge is 2.11. The molecule has 1 saturated heterocycles. The third-order valence-electron chi connectivity index (χ3n) is 1.79. The van der Waals surface area contributed by atoms with Crippen LogP contribution in [0.5, 0.6) is 0 Å². The topological polar surface area (TPSA) is 74.0 Å². The molecule has 3 N–H and O–H groups in total. The van der Waals surface area contributed by atoms with Crippen molar-refractivity contribution in [3.63, 3.8) is 0 Å². The van der Waals surface area contributed by atoms with E-state index in [0.29, 0.717) is 0 Å². The van der Waals surface area contributed by atoms with Gasteiger partial charge >= 0.3 is 0 Å². The summed E-state index contributed by atoms with van der Waals surface area (Å²) >= 11 is 0. The molecule has 1 amide bonds. The highest BCUT2D eigenvalue weighted by atomic mass is 35.5. The molecule has 0 aromatic rings. The maximum atomic E-state index is 10.3. The molecule has 0 aliphatic carbocycles. The van der Waals surface area contributed by atoms with Gasteiger partial charge in [0.2, 0.25) is 6.41 Å². The van der Waals surface area contributed by atoms with Crippen molar-refractivity contribution in [2.24, 2.45) is 10.9 Å². The zero-order valence-electron chi connectivity index (χ0n) is 7.22. The van der Waals surface area contributed by atoms with Gasteiger partial charge in [0.15, 0.2) is 0 Å². The van der Waals surface area contributed by atoms with Crippen molar-refractivity contribution in [2.75, 3.05) is 26.2 Å². The fourth-order valence-corrected chi connectivity index (χ4v) is 1.07. The zero-order valence-corrected chi connectivity index (χ0v) is 8.04. The fourth-order valence-electron chi connectivity index (χ4n) is 1.07. The molecule has 0 aromatic heterocycles. The van der Waals surface area contributed by atoms with Crippen molar-refractivity contribution in [1.29, 1.82) is 0 Å². The Balaban J connectivity index is 0.00000144. The molecule has 6 nitrogen and oxygen atoms in total. The number of carbonyl (C=O) groups is 1. The van der Waals surface area contributed by atoms with Crippen LogP contribution >= 0.6 is 12.4 Å². The van der Waals surface area contributed by atoms with Gasteiger partial charge in [-0.15, -0.1) is 12.4 Å². The Kier molecular flexibility index (Phi) is 5.99. The van der Waals surface area contributed by atoms with Crippen molar-refractivity contribution in [3.8, 4) is 0 Å². The minimum atomic E-state index is 0. The van der Waals surface area contributed by atoms with Crippen LogP contribution in [0.2, 0.25) is 0 Å². The molecule has 0 spiro atoms. The molecular formula is C6H14ClN5O. The number of nitrogens with two attached hydrogens (primary N) is 1. The summed E-state index contributed by atoms with van der Waals surface area (Å²) in [5, 5.41) is 3.67. The number of hydrazine groups is 1. The summed E-state index contributed by atoms with van der Waals surface area (Å²) < 4.78 is 0. The lowest BCUT2D eigenvalue weighted by Crippen LogP contribution is -2.45. The molecule has 13 heavy (non-hydrogen) atoms. The molecule has 0 unspecified atom stereocenters. The van der Waals surface area contributed by atoms with Crippen LogP contribution in [-0.4, -0.2) is 48.7 Å². The van der Waals surface area contributed by atoms with Gasteiger partial charge < -0.3 is 9.80 Å². The summed E-state index contributed by atoms with van der Waals surface area (Å²) in [5.74, 6) is 4.96. The Morgan fingerprint density at radius 2 is 1.77 bits per heavy atom. The summed E-state index contributed by atoms with van der Waals surface area (Å²) in [6.07, 6.45) is 2.51. The summed E-state index contributed by atoms with van der Waals surface area (Å²) in [6, 6.07) is 0. The van der Waals surface area contributed by atoms with Gasteiger partial charge in [-0.2, -0.15) is 5.10 Å². The second kappa shape index (κ2) is 6.50. The number of piperazine rings is 1. The first kappa shape index (κ1) is 12.0. The van der Waals surface area contributed by atoms with Crippen molar-refractivity contribution in [2.45, 2.75) is 0 Å². The van der Waals surface area contributed by atoms with Gasteiger partial charge in [0.1, 0.15) is 6.34 Å². The Hall–Kier alpha value is -1.01. The van der Waals surface area contributed by atoms with E-state index < -0.39 is 0 Å². The molecule has 0 aromatic carbocycles. The van der Waals surface area contributed by atoms with Crippen LogP contribution in [0.3, 0.4) is 0 Å². The van der Waals surface area contributed by atoms with E-state index in [-0.39, 0.29) is 12.4 Å². The molecule has 1 rings (SSSR count). The minimum Gasteiger partial charge on any atom is -0.358 e. The molecule has 1 fully saturated rings. The lowest BCUT2D eigenvalue weighted by atomic mass is 10.3. The smallest absolute Gasteiger partial charge is 0.209 e. The Morgan fingerprint density at radius 1 is 1.23 bits per heavy atom. The average Bonchev–Trinajstić information content (AvgIpc) is 2.15. The maximum Gasteiger partial charge on any atom is 0.209 e. The number of rotatable bonds is 3. The lowest BCUT2D eigenvalue weighted by molar-refractivity contribution is -0.119. The molecule has 0 atom stereocenters. The van der Waals surface area contributed by atoms with Crippen LogP contribution in [0.25, 0.3) is 0 Å². The first-order valence-corrected chi connectivity index (χ1v) is 3.79. The Morgan fingerprint density at radius 3 is 2.23 bits per heavy atom. The molecule has 0 saturated carbocycles. The molecule has 7 heteroatoms. The Labute approximate surface area is 83.1 Å². The largest absolute Gasteiger partial charge is 0.358 e. The van der Waals surface area contributed by atoms with Gasteiger partial charge in [-0.05, 0) is 0 Å². The van der Waals surface area contributed by atoms with Crippen molar-refractivity contribution in [1.82, 2.24) is 15.3 Å². The number of nitrogens with one attached hydrogen (secondary N) is 1. The van der Waals surface area contributed by atoms with Crippen LogP contribution in [0, 0.1) is 0 Å². The highest BCUT2D eigenvalue weighted by molar-refractivity contribution is 5.85. The van der Waals surface area contributed by atoms with Gasteiger partial charge in [0, 0.05) is 26.2 Å². The predicted molar refractivity (Wildman–Crippen MR) is 52.3 cm³/mol. The first-order valence-electron chi connectivity index (χ1n) is 3.79. The van der Waals surface area contributed by atoms with Crippen molar-refractivity contribution < 1.29 is 4.79 Å².